The SMILES string of the molecule is c1ccc(-c2cccc(-c3nc(-c4ccc5ccccc5c4)nc(-c4ccc5ccc6sc7ccc8oc(-c9ccccc9)nc8c7c6c5c4)n3)c2)cc1. The minimum atomic E-state index is 0.615. The van der Waals surface area contributed by atoms with E-state index in [1.54, 1.807) is 11.3 Å². The van der Waals surface area contributed by atoms with E-state index in [2.05, 4.69) is 127 Å². The van der Waals surface area contributed by atoms with Gasteiger partial charge in [-0.05, 0) is 81.2 Å². The van der Waals surface area contributed by atoms with Crippen LogP contribution in [0, 0.1) is 0 Å². The summed E-state index contributed by atoms with van der Waals surface area (Å²) in [5, 5.41) is 6.82. The minimum Gasteiger partial charge on any atom is -0.436 e. The molecule has 5 nitrogen and oxygen atoms in total. The molecule has 0 aliphatic heterocycles. The maximum atomic E-state index is 6.33. The van der Waals surface area contributed by atoms with Gasteiger partial charge in [-0.25, -0.2) is 19.9 Å². The van der Waals surface area contributed by atoms with Gasteiger partial charge >= 0.3 is 0 Å². The van der Waals surface area contributed by atoms with Gasteiger partial charge in [0.2, 0.25) is 5.89 Å². The summed E-state index contributed by atoms with van der Waals surface area (Å²) >= 11 is 1.77. The first-order chi connectivity index (χ1) is 26.7. The van der Waals surface area contributed by atoms with E-state index in [0.29, 0.717) is 23.4 Å². The summed E-state index contributed by atoms with van der Waals surface area (Å²) in [6, 6.07) is 58.8. The summed E-state index contributed by atoms with van der Waals surface area (Å²) in [6.45, 7) is 0. The number of nitrogens with zero attached hydrogens (tertiary/aromatic N) is 4. The Balaban J connectivity index is 1.13. The summed E-state index contributed by atoms with van der Waals surface area (Å²) in [4.78, 5) is 20.5. The smallest absolute Gasteiger partial charge is 0.227 e. The van der Waals surface area contributed by atoms with Gasteiger partial charge in [-0.2, -0.15) is 0 Å². The molecule has 0 bridgehead atoms. The predicted octanol–water partition coefficient (Wildman–Crippen LogP) is 13.0. The number of fused-ring (bicyclic) bond motifs is 8. The van der Waals surface area contributed by atoms with Gasteiger partial charge in [0, 0.05) is 42.4 Å². The third kappa shape index (κ3) is 5.15. The second-order valence-electron chi connectivity index (χ2n) is 13.5. The lowest BCUT2D eigenvalue weighted by Crippen LogP contribution is -2.00. The van der Waals surface area contributed by atoms with Crippen LogP contribution < -0.4 is 0 Å². The molecule has 0 fully saturated rings. The van der Waals surface area contributed by atoms with Crippen LogP contribution in [-0.4, -0.2) is 19.9 Å². The number of benzene rings is 8. The fourth-order valence-corrected chi connectivity index (χ4v) is 8.59. The zero-order chi connectivity index (χ0) is 35.6. The van der Waals surface area contributed by atoms with Crippen molar-refractivity contribution in [1.29, 1.82) is 0 Å². The summed E-state index contributed by atoms with van der Waals surface area (Å²) in [7, 11) is 0. The summed E-state index contributed by atoms with van der Waals surface area (Å²) < 4.78 is 8.69. The average molecular weight is 709 g/mol. The van der Waals surface area contributed by atoms with E-state index in [1.807, 2.05) is 42.5 Å². The van der Waals surface area contributed by atoms with Crippen LogP contribution in [0.4, 0.5) is 0 Å². The largest absolute Gasteiger partial charge is 0.436 e. The zero-order valence-electron chi connectivity index (χ0n) is 28.8. The van der Waals surface area contributed by atoms with E-state index >= 15 is 0 Å². The molecule has 0 saturated carbocycles. The molecule has 11 aromatic rings. The van der Waals surface area contributed by atoms with Crippen LogP contribution in [0.2, 0.25) is 0 Å². The molecule has 0 amide bonds. The zero-order valence-corrected chi connectivity index (χ0v) is 29.6. The third-order valence-corrected chi connectivity index (χ3v) is 11.2. The second-order valence-corrected chi connectivity index (χ2v) is 14.5. The highest BCUT2D eigenvalue weighted by atomic mass is 32.1. The van der Waals surface area contributed by atoms with Gasteiger partial charge < -0.3 is 4.42 Å². The van der Waals surface area contributed by atoms with Crippen molar-refractivity contribution in [3.8, 4) is 56.7 Å². The molecule has 6 heteroatoms. The first kappa shape index (κ1) is 30.6. The van der Waals surface area contributed by atoms with Crippen molar-refractivity contribution in [2.75, 3.05) is 0 Å². The van der Waals surface area contributed by atoms with Gasteiger partial charge in [0.25, 0.3) is 0 Å². The second kappa shape index (κ2) is 12.3. The van der Waals surface area contributed by atoms with Crippen molar-refractivity contribution >= 4 is 64.2 Å². The molecule has 0 N–H and O–H groups in total. The van der Waals surface area contributed by atoms with Crippen molar-refractivity contribution < 1.29 is 4.42 Å². The number of hydrogen-bond acceptors (Lipinski definition) is 6. The Morgan fingerprint density at radius 2 is 0.944 bits per heavy atom. The van der Waals surface area contributed by atoms with Gasteiger partial charge in [0.05, 0.1) is 0 Å². The number of hydrogen-bond donors (Lipinski definition) is 0. The molecule has 3 aromatic heterocycles. The summed E-state index contributed by atoms with van der Waals surface area (Å²) in [6.07, 6.45) is 0. The lowest BCUT2D eigenvalue weighted by Gasteiger charge is -2.11. The quantitative estimate of drug-likeness (QED) is 0.178. The Morgan fingerprint density at radius 3 is 1.72 bits per heavy atom. The number of oxazole rings is 1. The van der Waals surface area contributed by atoms with E-state index in [9.17, 15) is 0 Å². The van der Waals surface area contributed by atoms with Crippen LogP contribution in [0.3, 0.4) is 0 Å². The fraction of sp³-hybridized carbons (Fsp3) is 0. The summed E-state index contributed by atoms with van der Waals surface area (Å²) in [5.41, 5.74) is 7.62. The van der Waals surface area contributed by atoms with Crippen molar-refractivity contribution in [2.24, 2.45) is 0 Å². The molecule has 0 aliphatic rings. The lowest BCUT2D eigenvalue weighted by molar-refractivity contribution is 0.620. The highest BCUT2D eigenvalue weighted by Gasteiger charge is 2.19. The lowest BCUT2D eigenvalue weighted by atomic mass is 10.0. The Morgan fingerprint density at radius 1 is 0.370 bits per heavy atom. The Kier molecular flexibility index (Phi) is 6.97. The normalized spacial score (nSPS) is 11.7. The van der Waals surface area contributed by atoms with Crippen molar-refractivity contribution in [3.05, 3.63) is 170 Å². The highest BCUT2D eigenvalue weighted by molar-refractivity contribution is 7.26. The molecule has 0 saturated heterocycles. The minimum absolute atomic E-state index is 0.615. The monoisotopic (exact) mass is 708 g/mol. The van der Waals surface area contributed by atoms with Gasteiger partial charge in [-0.3, -0.25) is 0 Å². The van der Waals surface area contributed by atoms with E-state index in [4.69, 9.17) is 24.4 Å². The molecule has 0 radical (unpaired) electrons. The first-order valence-corrected chi connectivity index (χ1v) is 18.7. The topological polar surface area (TPSA) is 64.7 Å². The van der Waals surface area contributed by atoms with E-state index in [-0.39, 0.29) is 0 Å². The van der Waals surface area contributed by atoms with Crippen molar-refractivity contribution in [3.63, 3.8) is 0 Å². The van der Waals surface area contributed by atoms with Crippen LogP contribution in [-0.2, 0) is 0 Å². The van der Waals surface area contributed by atoms with Crippen LogP contribution in [0.25, 0.3) is 110 Å². The standard InChI is InChI=1S/C48H28N4OS/c1-3-10-29(11-4-1)34-16-9-17-35(26-34)45-50-46(36-20-18-30-12-7-8-15-33(30)27-36)52-47(51-45)37-21-19-31-22-24-40-42(38(31)28-37)43-41(54-40)25-23-39-44(43)49-48(53-39)32-13-5-2-6-14-32/h1-28H. The third-order valence-electron chi connectivity index (χ3n) is 10.1. The molecule has 8 aromatic carbocycles. The van der Waals surface area contributed by atoms with Crippen molar-refractivity contribution in [2.45, 2.75) is 0 Å². The van der Waals surface area contributed by atoms with Crippen LogP contribution in [0.15, 0.2) is 174 Å². The van der Waals surface area contributed by atoms with Crippen LogP contribution >= 0.6 is 11.3 Å². The number of aromatic nitrogens is 4. The number of thiophene rings is 1. The fourth-order valence-electron chi connectivity index (χ4n) is 7.47. The maximum absolute atomic E-state index is 6.33. The van der Waals surface area contributed by atoms with Gasteiger partial charge in [-0.1, -0.05) is 121 Å². The maximum Gasteiger partial charge on any atom is 0.227 e. The molecular formula is C48H28N4OS. The molecule has 0 spiro atoms. The molecule has 11 rings (SSSR count). The molecule has 0 aliphatic carbocycles. The van der Waals surface area contributed by atoms with Gasteiger partial charge in [-0.15, -0.1) is 11.3 Å². The molecule has 0 atom stereocenters. The van der Waals surface area contributed by atoms with Crippen LogP contribution in [0.1, 0.15) is 0 Å². The molecular weight excluding hydrogens is 681 g/mol. The molecule has 0 unspecified atom stereocenters. The Hall–Kier alpha value is -7.02. The Labute approximate surface area is 313 Å². The molecule has 54 heavy (non-hydrogen) atoms. The van der Waals surface area contributed by atoms with Crippen LogP contribution in [0.5, 0.6) is 0 Å². The van der Waals surface area contributed by atoms with E-state index in [0.717, 1.165) is 71.4 Å². The Bertz CT molecular complexity index is 3220. The molecule has 3 heterocycles. The first-order valence-electron chi connectivity index (χ1n) is 17.9. The summed E-state index contributed by atoms with van der Waals surface area (Å²) in [5.74, 6) is 2.49. The van der Waals surface area contributed by atoms with E-state index in [1.165, 1.54) is 14.8 Å². The highest BCUT2D eigenvalue weighted by Crippen LogP contribution is 2.43. The van der Waals surface area contributed by atoms with Gasteiger partial charge in [0.1, 0.15) is 5.52 Å². The van der Waals surface area contributed by atoms with Gasteiger partial charge in [0.15, 0.2) is 23.1 Å². The van der Waals surface area contributed by atoms with E-state index < -0.39 is 0 Å². The number of rotatable bonds is 5. The average Bonchev–Trinajstić information content (AvgIpc) is 3.86. The predicted molar refractivity (Wildman–Crippen MR) is 222 cm³/mol. The van der Waals surface area contributed by atoms with Crippen molar-refractivity contribution in [1.82, 2.24) is 19.9 Å². The molecule has 252 valence electrons.